The number of hydrogen-bond donors (Lipinski definition) is 1. The number of amides is 1. The molecule has 164 valence electrons. The Kier molecular flexibility index (Phi) is 8.06. The molecule has 0 unspecified atom stereocenters. The summed E-state index contributed by atoms with van der Waals surface area (Å²) >= 11 is 3.41. The van der Waals surface area contributed by atoms with Crippen molar-refractivity contribution in [2.24, 2.45) is 11.0 Å². The third-order valence-electron chi connectivity index (χ3n) is 5.15. The van der Waals surface area contributed by atoms with Gasteiger partial charge in [-0.05, 0) is 49.2 Å². The number of hydrazone groups is 1. The van der Waals surface area contributed by atoms with E-state index in [9.17, 15) is 9.59 Å². The summed E-state index contributed by atoms with van der Waals surface area (Å²) in [6, 6.07) is 9.97. The van der Waals surface area contributed by atoms with Gasteiger partial charge in [0.1, 0.15) is 5.75 Å². The van der Waals surface area contributed by atoms with Crippen molar-refractivity contribution >= 4 is 34.0 Å². The van der Waals surface area contributed by atoms with E-state index in [1.165, 1.54) is 26.9 Å². The third kappa shape index (κ3) is 6.07. The zero-order chi connectivity index (χ0) is 22.2. The molecule has 7 nitrogen and oxygen atoms in total. The number of nitrogens with zero attached hydrogens (tertiary/aromatic N) is 1. The number of ether oxygens (including phenoxy) is 3. The van der Waals surface area contributed by atoms with E-state index in [1.807, 2.05) is 0 Å². The quantitative estimate of drug-likeness (QED) is 0.263. The molecule has 1 saturated carbocycles. The fraction of sp³-hybridized carbons (Fsp3) is 0.348. The number of benzene rings is 2. The second-order valence-corrected chi connectivity index (χ2v) is 8.13. The Morgan fingerprint density at radius 2 is 1.71 bits per heavy atom. The first-order valence-corrected chi connectivity index (χ1v) is 10.9. The van der Waals surface area contributed by atoms with E-state index in [4.69, 9.17) is 14.2 Å². The van der Waals surface area contributed by atoms with Crippen LogP contribution in [0.2, 0.25) is 0 Å². The van der Waals surface area contributed by atoms with Crippen molar-refractivity contribution < 1.29 is 23.8 Å². The SMILES string of the molecule is COc1ccc(C(=O)Oc2ccc(Br)cc2/C=N\NC(=O)C2CCCCC2)cc1OC. The number of carbonyl (C=O) groups is 2. The Bertz CT molecular complexity index is 970. The van der Waals surface area contributed by atoms with Gasteiger partial charge in [0.15, 0.2) is 11.5 Å². The number of hydrogen-bond acceptors (Lipinski definition) is 6. The van der Waals surface area contributed by atoms with Gasteiger partial charge in [-0.3, -0.25) is 4.79 Å². The number of rotatable bonds is 7. The fourth-order valence-corrected chi connectivity index (χ4v) is 3.84. The van der Waals surface area contributed by atoms with Gasteiger partial charge in [-0.1, -0.05) is 35.2 Å². The van der Waals surface area contributed by atoms with Crippen LogP contribution in [0.1, 0.15) is 48.0 Å². The van der Waals surface area contributed by atoms with Crippen LogP contribution in [0.15, 0.2) is 46.0 Å². The van der Waals surface area contributed by atoms with Crippen LogP contribution in [0.25, 0.3) is 0 Å². The Hall–Kier alpha value is -2.87. The van der Waals surface area contributed by atoms with Crippen LogP contribution < -0.4 is 19.6 Å². The van der Waals surface area contributed by atoms with Crippen molar-refractivity contribution in [3.63, 3.8) is 0 Å². The standard InChI is InChI=1S/C23H25BrN2O5/c1-29-20-10-8-16(13-21(20)30-2)23(28)31-19-11-9-18(24)12-17(19)14-25-26-22(27)15-6-4-3-5-7-15/h8-15H,3-7H2,1-2H3,(H,26,27)/b25-14-. The fourth-order valence-electron chi connectivity index (χ4n) is 3.46. The summed E-state index contributed by atoms with van der Waals surface area (Å²) in [7, 11) is 3.02. The molecule has 3 rings (SSSR count). The highest BCUT2D eigenvalue weighted by Gasteiger charge is 2.20. The molecule has 0 spiro atoms. The van der Waals surface area contributed by atoms with Crippen molar-refractivity contribution in [2.75, 3.05) is 14.2 Å². The first-order chi connectivity index (χ1) is 15.0. The predicted molar refractivity (Wildman–Crippen MR) is 121 cm³/mol. The molecule has 1 aliphatic rings. The number of nitrogens with one attached hydrogen (secondary N) is 1. The number of carbonyl (C=O) groups excluding carboxylic acids is 2. The number of methoxy groups -OCH3 is 2. The topological polar surface area (TPSA) is 86.2 Å². The second-order valence-electron chi connectivity index (χ2n) is 7.21. The van der Waals surface area contributed by atoms with Crippen LogP contribution >= 0.6 is 15.9 Å². The summed E-state index contributed by atoms with van der Waals surface area (Å²) in [6.07, 6.45) is 6.59. The Balaban J connectivity index is 1.72. The average Bonchev–Trinajstić information content (AvgIpc) is 2.80. The summed E-state index contributed by atoms with van der Waals surface area (Å²) in [5, 5.41) is 4.08. The van der Waals surface area contributed by atoms with Gasteiger partial charge in [0.25, 0.3) is 0 Å². The molecule has 0 aromatic heterocycles. The lowest BCUT2D eigenvalue weighted by atomic mass is 9.89. The molecule has 2 aromatic rings. The smallest absolute Gasteiger partial charge is 0.343 e. The van der Waals surface area contributed by atoms with Crippen LogP contribution in [0, 0.1) is 5.92 Å². The Morgan fingerprint density at radius 3 is 2.42 bits per heavy atom. The van der Waals surface area contributed by atoms with Crippen LogP contribution in [0.5, 0.6) is 17.2 Å². The van der Waals surface area contributed by atoms with Crippen molar-refractivity contribution in [2.45, 2.75) is 32.1 Å². The summed E-state index contributed by atoms with van der Waals surface area (Å²) in [5.41, 5.74) is 3.47. The minimum absolute atomic E-state index is 0.00996. The molecule has 31 heavy (non-hydrogen) atoms. The van der Waals surface area contributed by atoms with Crippen LogP contribution in [0.3, 0.4) is 0 Å². The molecule has 0 aliphatic heterocycles. The molecular formula is C23H25BrN2O5. The lowest BCUT2D eigenvalue weighted by molar-refractivity contribution is -0.125. The van der Waals surface area contributed by atoms with E-state index in [2.05, 4.69) is 26.5 Å². The van der Waals surface area contributed by atoms with E-state index in [0.717, 1.165) is 30.2 Å². The lowest BCUT2D eigenvalue weighted by Crippen LogP contribution is -2.28. The average molecular weight is 489 g/mol. The number of halogens is 1. The molecule has 1 amide bonds. The number of esters is 1. The van der Waals surface area contributed by atoms with Gasteiger partial charge in [-0.15, -0.1) is 0 Å². The lowest BCUT2D eigenvalue weighted by Gasteiger charge is -2.19. The van der Waals surface area contributed by atoms with Gasteiger partial charge >= 0.3 is 5.97 Å². The molecule has 0 saturated heterocycles. The first kappa shape index (κ1) is 22.8. The molecule has 8 heteroatoms. The monoisotopic (exact) mass is 488 g/mol. The molecular weight excluding hydrogens is 464 g/mol. The van der Waals surface area contributed by atoms with E-state index < -0.39 is 5.97 Å². The maximum absolute atomic E-state index is 12.7. The van der Waals surface area contributed by atoms with E-state index >= 15 is 0 Å². The molecule has 0 heterocycles. The van der Waals surface area contributed by atoms with Crippen molar-refractivity contribution in [1.29, 1.82) is 0 Å². The van der Waals surface area contributed by atoms with Crippen molar-refractivity contribution in [3.8, 4) is 17.2 Å². The highest BCUT2D eigenvalue weighted by atomic mass is 79.9. The maximum atomic E-state index is 12.7. The largest absolute Gasteiger partial charge is 0.493 e. The molecule has 1 N–H and O–H groups in total. The van der Waals surface area contributed by atoms with Crippen LogP contribution in [-0.4, -0.2) is 32.3 Å². The summed E-state index contributed by atoms with van der Waals surface area (Å²) in [5.74, 6) is 0.651. The van der Waals surface area contributed by atoms with Gasteiger partial charge in [0.2, 0.25) is 5.91 Å². The zero-order valence-electron chi connectivity index (χ0n) is 17.5. The van der Waals surface area contributed by atoms with Crippen molar-refractivity contribution in [3.05, 3.63) is 52.0 Å². The van der Waals surface area contributed by atoms with E-state index in [1.54, 1.807) is 36.4 Å². The summed E-state index contributed by atoms with van der Waals surface area (Å²) in [4.78, 5) is 24.9. The van der Waals surface area contributed by atoms with Gasteiger partial charge in [0.05, 0.1) is 26.0 Å². The van der Waals surface area contributed by atoms with Gasteiger partial charge in [-0.25, -0.2) is 10.2 Å². The van der Waals surface area contributed by atoms with Gasteiger partial charge in [-0.2, -0.15) is 5.10 Å². The first-order valence-electron chi connectivity index (χ1n) is 10.1. The zero-order valence-corrected chi connectivity index (χ0v) is 19.1. The summed E-state index contributed by atoms with van der Waals surface area (Å²) < 4.78 is 16.8. The Labute approximate surface area is 189 Å². The highest BCUT2D eigenvalue weighted by Crippen LogP contribution is 2.29. The molecule has 0 atom stereocenters. The molecule has 2 aromatic carbocycles. The normalized spacial score (nSPS) is 14.3. The third-order valence-corrected chi connectivity index (χ3v) is 5.64. The van der Waals surface area contributed by atoms with E-state index in [0.29, 0.717) is 28.4 Å². The van der Waals surface area contributed by atoms with Crippen molar-refractivity contribution in [1.82, 2.24) is 5.43 Å². The van der Waals surface area contributed by atoms with E-state index in [-0.39, 0.29) is 11.8 Å². The Morgan fingerprint density at radius 1 is 1.00 bits per heavy atom. The highest BCUT2D eigenvalue weighted by molar-refractivity contribution is 9.10. The predicted octanol–water partition coefficient (Wildman–Crippen LogP) is 4.72. The molecule has 1 fully saturated rings. The molecule has 0 radical (unpaired) electrons. The van der Waals surface area contributed by atoms with Gasteiger partial charge in [0, 0.05) is 16.0 Å². The molecule has 0 bridgehead atoms. The molecule has 1 aliphatic carbocycles. The van der Waals surface area contributed by atoms with Gasteiger partial charge < -0.3 is 14.2 Å². The van der Waals surface area contributed by atoms with Crippen LogP contribution in [-0.2, 0) is 4.79 Å². The second kappa shape index (κ2) is 10.9. The summed E-state index contributed by atoms with van der Waals surface area (Å²) in [6.45, 7) is 0. The maximum Gasteiger partial charge on any atom is 0.343 e. The minimum Gasteiger partial charge on any atom is -0.493 e. The van der Waals surface area contributed by atoms with Crippen LogP contribution in [0.4, 0.5) is 0 Å². The minimum atomic E-state index is -0.552.